The molecule has 0 fully saturated rings. The molecule has 0 radical (unpaired) electrons. The van der Waals surface area contributed by atoms with Gasteiger partial charge in [-0.3, -0.25) is 0 Å². The Morgan fingerprint density at radius 3 is 2.64 bits per heavy atom. The molecule has 2 aromatic heterocycles. The highest BCUT2D eigenvalue weighted by molar-refractivity contribution is 7.98. The van der Waals surface area contributed by atoms with E-state index in [0.29, 0.717) is 6.54 Å². The lowest BCUT2D eigenvalue weighted by Gasteiger charge is -2.07. The summed E-state index contributed by atoms with van der Waals surface area (Å²) >= 11 is 3.41. The number of hydrogen-bond acceptors (Lipinski definition) is 5. The van der Waals surface area contributed by atoms with Crippen LogP contribution >= 0.6 is 23.5 Å². The third-order valence-electron chi connectivity index (χ3n) is 4.27. The number of para-hydroxylation sites is 2. The summed E-state index contributed by atoms with van der Waals surface area (Å²) in [6.45, 7) is 6.67. The SMILES string of the molecule is C=CCn1c(CSc2ccc(C)cc2)nnc1SCc1nc2ccccc2[nH]1. The molecule has 0 saturated heterocycles. The maximum Gasteiger partial charge on any atom is 0.191 e. The summed E-state index contributed by atoms with van der Waals surface area (Å²) < 4.78 is 2.13. The quantitative estimate of drug-likeness (QED) is 0.320. The van der Waals surface area contributed by atoms with Crippen LogP contribution in [0.1, 0.15) is 17.2 Å². The first-order valence-electron chi connectivity index (χ1n) is 9.02. The van der Waals surface area contributed by atoms with Gasteiger partial charge in [-0.2, -0.15) is 0 Å². The smallest absolute Gasteiger partial charge is 0.191 e. The van der Waals surface area contributed by atoms with Gasteiger partial charge in [-0.25, -0.2) is 4.98 Å². The number of hydrogen-bond donors (Lipinski definition) is 1. The summed E-state index contributed by atoms with van der Waals surface area (Å²) in [5.41, 5.74) is 3.31. The number of nitrogens with one attached hydrogen (secondary N) is 1. The highest BCUT2D eigenvalue weighted by Crippen LogP contribution is 2.26. The van der Waals surface area contributed by atoms with Gasteiger partial charge in [-0.1, -0.05) is 47.7 Å². The number of fused-ring (bicyclic) bond motifs is 1. The van der Waals surface area contributed by atoms with E-state index >= 15 is 0 Å². The normalized spacial score (nSPS) is 11.2. The molecule has 1 N–H and O–H groups in total. The summed E-state index contributed by atoms with van der Waals surface area (Å²) in [5.74, 6) is 3.39. The molecule has 0 amide bonds. The van der Waals surface area contributed by atoms with Crippen LogP contribution in [0.2, 0.25) is 0 Å². The fourth-order valence-corrected chi connectivity index (χ4v) is 4.51. The lowest BCUT2D eigenvalue weighted by atomic mass is 10.2. The number of allylic oxidation sites excluding steroid dienone is 1. The van der Waals surface area contributed by atoms with Gasteiger partial charge in [0, 0.05) is 11.4 Å². The van der Waals surface area contributed by atoms with Crippen molar-refractivity contribution in [1.82, 2.24) is 24.7 Å². The van der Waals surface area contributed by atoms with E-state index in [0.717, 1.165) is 39.3 Å². The van der Waals surface area contributed by atoms with E-state index < -0.39 is 0 Å². The second-order valence-corrected chi connectivity index (χ2v) is 8.38. The standard InChI is InChI=1S/C21H21N5S2/c1-3-12-26-20(14-27-16-10-8-15(2)9-11-16)24-25-21(26)28-13-19-22-17-6-4-5-7-18(17)23-19/h3-11H,1,12-14H2,2H3,(H,22,23). The van der Waals surface area contributed by atoms with Crippen molar-refractivity contribution < 1.29 is 0 Å². The lowest BCUT2D eigenvalue weighted by molar-refractivity contribution is 0.700. The topological polar surface area (TPSA) is 59.4 Å². The molecule has 4 aromatic rings. The summed E-state index contributed by atoms with van der Waals surface area (Å²) in [5, 5.41) is 9.71. The number of benzene rings is 2. The Kier molecular flexibility index (Phi) is 5.83. The maximum atomic E-state index is 4.64. The number of rotatable bonds is 8. The molecule has 0 aliphatic carbocycles. The van der Waals surface area contributed by atoms with Crippen LogP contribution in [0.15, 0.2) is 71.2 Å². The average Bonchev–Trinajstić information content (AvgIpc) is 3.30. The number of aromatic nitrogens is 5. The van der Waals surface area contributed by atoms with Crippen LogP contribution < -0.4 is 0 Å². The number of aryl methyl sites for hydroxylation is 1. The predicted octanol–water partition coefficient (Wildman–Crippen LogP) is 5.23. The number of aromatic amines is 1. The van der Waals surface area contributed by atoms with E-state index in [1.807, 2.05) is 30.3 Å². The van der Waals surface area contributed by atoms with Gasteiger partial charge in [0.2, 0.25) is 0 Å². The zero-order valence-corrected chi connectivity index (χ0v) is 17.3. The molecule has 4 rings (SSSR count). The monoisotopic (exact) mass is 407 g/mol. The van der Waals surface area contributed by atoms with Crippen LogP contribution in [-0.4, -0.2) is 24.7 Å². The van der Waals surface area contributed by atoms with Gasteiger partial charge in [0.15, 0.2) is 5.16 Å². The lowest BCUT2D eigenvalue weighted by Crippen LogP contribution is -2.03. The Balaban J connectivity index is 1.46. The van der Waals surface area contributed by atoms with E-state index in [4.69, 9.17) is 0 Å². The highest BCUT2D eigenvalue weighted by atomic mass is 32.2. The second-order valence-electron chi connectivity index (χ2n) is 6.39. The van der Waals surface area contributed by atoms with Crippen LogP contribution in [0.25, 0.3) is 11.0 Å². The largest absolute Gasteiger partial charge is 0.341 e. The molecule has 7 heteroatoms. The zero-order valence-electron chi connectivity index (χ0n) is 15.6. The van der Waals surface area contributed by atoms with Gasteiger partial charge >= 0.3 is 0 Å². The third kappa shape index (κ3) is 4.31. The van der Waals surface area contributed by atoms with E-state index in [1.165, 1.54) is 10.5 Å². The number of nitrogens with zero attached hydrogens (tertiary/aromatic N) is 4. The van der Waals surface area contributed by atoms with Gasteiger partial charge in [0.05, 0.1) is 22.5 Å². The van der Waals surface area contributed by atoms with Crippen LogP contribution in [0.3, 0.4) is 0 Å². The van der Waals surface area contributed by atoms with Gasteiger partial charge < -0.3 is 9.55 Å². The molecule has 0 aliphatic rings. The minimum absolute atomic E-state index is 0.694. The van der Waals surface area contributed by atoms with Gasteiger partial charge in [0.1, 0.15) is 11.6 Å². The molecule has 2 heterocycles. The first-order chi connectivity index (χ1) is 13.7. The summed E-state index contributed by atoms with van der Waals surface area (Å²) in [7, 11) is 0. The number of H-pyrrole nitrogens is 1. The molecule has 28 heavy (non-hydrogen) atoms. The Bertz CT molecular complexity index is 1050. The van der Waals surface area contributed by atoms with Gasteiger partial charge in [0.25, 0.3) is 0 Å². The van der Waals surface area contributed by atoms with Crippen molar-refractivity contribution >= 4 is 34.6 Å². The Hall–Kier alpha value is -2.51. The third-order valence-corrected chi connectivity index (χ3v) is 6.26. The Labute approximate surface area is 172 Å². The Morgan fingerprint density at radius 1 is 1.04 bits per heavy atom. The van der Waals surface area contributed by atoms with Crippen molar-refractivity contribution in [2.45, 2.75) is 35.0 Å². The fraction of sp³-hybridized carbons (Fsp3) is 0.190. The molecule has 5 nitrogen and oxygen atoms in total. The molecule has 0 spiro atoms. The van der Waals surface area contributed by atoms with Crippen LogP contribution in [0, 0.1) is 6.92 Å². The van der Waals surface area contributed by atoms with Crippen molar-refractivity contribution in [2.24, 2.45) is 0 Å². The average molecular weight is 408 g/mol. The molecular formula is C21H21N5S2. The van der Waals surface area contributed by atoms with Crippen LogP contribution in [-0.2, 0) is 18.1 Å². The minimum Gasteiger partial charge on any atom is -0.341 e. The van der Waals surface area contributed by atoms with E-state index in [9.17, 15) is 0 Å². The van der Waals surface area contributed by atoms with Gasteiger partial charge in [-0.15, -0.1) is 28.5 Å². The van der Waals surface area contributed by atoms with Crippen LogP contribution in [0.5, 0.6) is 0 Å². The van der Waals surface area contributed by atoms with Crippen molar-refractivity contribution in [1.29, 1.82) is 0 Å². The predicted molar refractivity (Wildman–Crippen MR) is 117 cm³/mol. The van der Waals surface area contributed by atoms with E-state index in [1.54, 1.807) is 23.5 Å². The molecular weight excluding hydrogens is 386 g/mol. The second kappa shape index (κ2) is 8.67. The molecule has 0 atom stereocenters. The first kappa shape index (κ1) is 18.8. The van der Waals surface area contributed by atoms with Gasteiger partial charge in [-0.05, 0) is 31.2 Å². The van der Waals surface area contributed by atoms with E-state index in [2.05, 4.69) is 62.5 Å². The molecule has 0 saturated carbocycles. The Morgan fingerprint density at radius 2 is 1.86 bits per heavy atom. The van der Waals surface area contributed by atoms with Crippen molar-refractivity contribution in [2.75, 3.05) is 0 Å². The maximum absolute atomic E-state index is 4.64. The van der Waals surface area contributed by atoms with E-state index in [-0.39, 0.29) is 0 Å². The first-order valence-corrected chi connectivity index (χ1v) is 11.0. The number of thioether (sulfide) groups is 2. The molecule has 0 aliphatic heterocycles. The molecule has 0 unspecified atom stereocenters. The van der Waals surface area contributed by atoms with Crippen LogP contribution in [0.4, 0.5) is 0 Å². The highest BCUT2D eigenvalue weighted by Gasteiger charge is 2.13. The summed E-state index contributed by atoms with van der Waals surface area (Å²) in [6, 6.07) is 16.6. The van der Waals surface area contributed by atoms with Crippen molar-refractivity contribution in [3.63, 3.8) is 0 Å². The fourth-order valence-electron chi connectivity index (χ4n) is 2.83. The van der Waals surface area contributed by atoms with Crippen molar-refractivity contribution in [3.05, 3.63) is 78.4 Å². The molecule has 2 aromatic carbocycles. The number of imidazole rings is 1. The molecule has 0 bridgehead atoms. The zero-order chi connectivity index (χ0) is 19.3. The summed E-state index contributed by atoms with van der Waals surface area (Å²) in [6.07, 6.45) is 1.88. The van der Waals surface area contributed by atoms with Crippen molar-refractivity contribution in [3.8, 4) is 0 Å². The summed E-state index contributed by atoms with van der Waals surface area (Å²) in [4.78, 5) is 9.23. The minimum atomic E-state index is 0.694. The molecule has 142 valence electrons.